The number of aromatic nitrogens is 2. The van der Waals surface area contributed by atoms with Gasteiger partial charge in [0.1, 0.15) is 0 Å². The number of methoxy groups -OCH3 is 2. The number of rotatable bonds is 5. The molecule has 1 aromatic carbocycles. The first-order chi connectivity index (χ1) is 10.4. The number of ether oxygens (including phenoxy) is 2. The van der Waals surface area contributed by atoms with Gasteiger partial charge in [0.2, 0.25) is 5.82 Å². The summed E-state index contributed by atoms with van der Waals surface area (Å²) in [4.78, 5) is 3.67. The highest BCUT2D eigenvalue weighted by Crippen LogP contribution is 2.36. The van der Waals surface area contributed by atoms with E-state index in [1.54, 1.807) is 0 Å². The van der Waals surface area contributed by atoms with Crippen molar-refractivity contribution in [2.45, 2.75) is 25.6 Å². The van der Waals surface area contributed by atoms with Crippen LogP contribution in [0.5, 0.6) is 11.5 Å². The second kappa shape index (κ2) is 6.13. The Hall–Kier alpha value is -2.43. The van der Waals surface area contributed by atoms with E-state index in [0.717, 1.165) is 4.57 Å². The van der Waals surface area contributed by atoms with Crippen LogP contribution in [-0.2, 0) is 12.7 Å². The van der Waals surface area contributed by atoms with Crippen LogP contribution in [0, 0.1) is 11.3 Å². The summed E-state index contributed by atoms with van der Waals surface area (Å²) in [7, 11) is 2.81. The van der Waals surface area contributed by atoms with Crippen molar-refractivity contribution in [2.75, 3.05) is 14.2 Å². The van der Waals surface area contributed by atoms with E-state index in [1.807, 2.05) is 6.07 Å². The summed E-state index contributed by atoms with van der Waals surface area (Å²) in [5, 5.41) is 8.55. The fourth-order valence-electron chi connectivity index (χ4n) is 2.21. The zero-order chi connectivity index (χ0) is 16.3. The van der Waals surface area contributed by atoms with E-state index in [4.69, 9.17) is 14.7 Å². The highest BCUT2D eigenvalue weighted by atomic mass is 19.4. The second-order valence-electron chi connectivity index (χ2n) is 4.54. The van der Waals surface area contributed by atoms with Gasteiger partial charge in [-0.1, -0.05) is 0 Å². The molecule has 0 fully saturated rings. The number of hydrogen-bond acceptors (Lipinski definition) is 4. The standard InChI is InChI=1S/C14H14F3N3O2/c1-21-11-7-9-10(8-12(11)22-2)20(6-4-3-5-18)13(19-9)14(15,16)17/h7-8H,3-4,6H2,1-2H3. The summed E-state index contributed by atoms with van der Waals surface area (Å²) in [5.41, 5.74) is 0.463. The monoisotopic (exact) mass is 313 g/mol. The maximum atomic E-state index is 13.1. The first-order valence-corrected chi connectivity index (χ1v) is 6.48. The minimum absolute atomic E-state index is 0.0500. The summed E-state index contributed by atoms with van der Waals surface area (Å²) in [5.74, 6) is -0.355. The summed E-state index contributed by atoms with van der Waals surface area (Å²) < 4.78 is 50.7. The normalized spacial score (nSPS) is 11.5. The molecule has 2 aromatic rings. The van der Waals surface area contributed by atoms with Crippen LogP contribution < -0.4 is 9.47 Å². The van der Waals surface area contributed by atoms with Crippen molar-refractivity contribution < 1.29 is 22.6 Å². The highest BCUT2D eigenvalue weighted by molar-refractivity contribution is 5.80. The molecule has 118 valence electrons. The van der Waals surface area contributed by atoms with E-state index >= 15 is 0 Å². The third kappa shape index (κ3) is 2.93. The van der Waals surface area contributed by atoms with Crippen molar-refractivity contribution >= 4 is 11.0 Å². The average molecular weight is 313 g/mol. The van der Waals surface area contributed by atoms with Gasteiger partial charge in [-0.15, -0.1) is 0 Å². The molecule has 0 aliphatic rings. The number of hydrogen-bond donors (Lipinski definition) is 0. The number of nitrogens with zero attached hydrogens (tertiary/aromatic N) is 3. The van der Waals surface area contributed by atoms with Gasteiger partial charge in [-0.05, 0) is 6.42 Å². The zero-order valence-electron chi connectivity index (χ0n) is 12.1. The summed E-state index contributed by atoms with van der Waals surface area (Å²) in [6.07, 6.45) is -4.10. The number of alkyl halides is 3. The molecule has 0 amide bonds. The van der Waals surface area contributed by atoms with Crippen molar-refractivity contribution in [2.24, 2.45) is 0 Å². The van der Waals surface area contributed by atoms with Gasteiger partial charge < -0.3 is 14.0 Å². The molecule has 0 unspecified atom stereocenters. The molecule has 1 aromatic heterocycles. The van der Waals surface area contributed by atoms with Crippen LogP contribution in [0.2, 0.25) is 0 Å². The minimum atomic E-state index is -4.58. The van der Waals surface area contributed by atoms with E-state index in [2.05, 4.69) is 4.98 Å². The first-order valence-electron chi connectivity index (χ1n) is 6.48. The molecular formula is C14H14F3N3O2. The Bertz CT molecular complexity index is 717. The minimum Gasteiger partial charge on any atom is -0.493 e. The molecule has 5 nitrogen and oxygen atoms in total. The molecule has 0 saturated carbocycles. The Balaban J connectivity index is 2.62. The number of aryl methyl sites for hydroxylation is 1. The molecule has 8 heteroatoms. The van der Waals surface area contributed by atoms with E-state index in [1.165, 1.54) is 26.4 Å². The third-order valence-corrected chi connectivity index (χ3v) is 3.18. The number of imidazole rings is 1. The molecule has 0 atom stereocenters. The lowest BCUT2D eigenvalue weighted by atomic mass is 10.2. The Morgan fingerprint density at radius 2 is 1.86 bits per heavy atom. The predicted octanol–water partition coefficient (Wildman–Crippen LogP) is 3.38. The van der Waals surface area contributed by atoms with Gasteiger partial charge in [-0.2, -0.15) is 18.4 Å². The van der Waals surface area contributed by atoms with Crippen LogP contribution in [0.4, 0.5) is 13.2 Å². The summed E-state index contributed by atoms with van der Waals surface area (Å²) in [6.45, 7) is 0.0500. The lowest BCUT2D eigenvalue weighted by molar-refractivity contribution is -0.146. The van der Waals surface area contributed by atoms with Crippen LogP contribution >= 0.6 is 0 Å². The number of halogens is 3. The summed E-state index contributed by atoms with van der Waals surface area (Å²) >= 11 is 0. The number of unbranched alkanes of at least 4 members (excludes halogenated alkanes) is 1. The van der Waals surface area contributed by atoms with Crippen LogP contribution in [0.1, 0.15) is 18.7 Å². The van der Waals surface area contributed by atoms with E-state index in [0.29, 0.717) is 23.4 Å². The van der Waals surface area contributed by atoms with Crippen molar-refractivity contribution in [3.8, 4) is 17.6 Å². The Kier molecular flexibility index (Phi) is 4.45. The lowest BCUT2D eigenvalue weighted by Gasteiger charge is -2.11. The van der Waals surface area contributed by atoms with Gasteiger partial charge in [0.15, 0.2) is 11.5 Å². The molecule has 2 rings (SSSR count). The van der Waals surface area contributed by atoms with Gasteiger partial charge in [-0.3, -0.25) is 0 Å². The molecule has 0 N–H and O–H groups in total. The maximum Gasteiger partial charge on any atom is 0.449 e. The van der Waals surface area contributed by atoms with E-state index in [-0.39, 0.29) is 18.5 Å². The quantitative estimate of drug-likeness (QED) is 0.794. The Labute approximate surface area is 124 Å². The molecule has 0 radical (unpaired) electrons. The second-order valence-corrected chi connectivity index (χ2v) is 4.54. The SMILES string of the molecule is COc1cc2nc(C(F)(F)F)n(CCCC#N)c2cc1OC. The predicted molar refractivity (Wildman–Crippen MR) is 72.7 cm³/mol. The maximum absolute atomic E-state index is 13.1. The van der Waals surface area contributed by atoms with Gasteiger partial charge in [0.25, 0.3) is 0 Å². The third-order valence-electron chi connectivity index (χ3n) is 3.18. The fourth-order valence-corrected chi connectivity index (χ4v) is 2.21. The van der Waals surface area contributed by atoms with Crippen molar-refractivity contribution in [1.29, 1.82) is 5.26 Å². The molecule has 0 spiro atoms. The van der Waals surface area contributed by atoms with Gasteiger partial charge >= 0.3 is 6.18 Å². The molecule has 0 aliphatic heterocycles. The Morgan fingerprint density at radius 1 is 1.23 bits per heavy atom. The van der Waals surface area contributed by atoms with Gasteiger partial charge in [0, 0.05) is 25.1 Å². The summed E-state index contributed by atoms with van der Waals surface area (Å²) in [6, 6.07) is 4.79. The molecule has 0 aliphatic carbocycles. The molecular weight excluding hydrogens is 299 g/mol. The van der Waals surface area contributed by atoms with E-state index < -0.39 is 12.0 Å². The van der Waals surface area contributed by atoms with Crippen molar-refractivity contribution in [3.63, 3.8) is 0 Å². The van der Waals surface area contributed by atoms with Crippen LogP contribution in [-0.4, -0.2) is 23.8 Å². The lowest BCUT2D eigenvalue weighted by Crippen LogP contribution is -2.15. The van der Waals surface area contributed by atoms with Crippen LogP contribution in [0.25, 0.3) is 11.0 Å². The molecule has 0 bridgehead atoms. The fraction of sp³-hybridized carbons (Fsp3) is 0.429. The topological polar surface area (TPSA) is 60.1 Å². The number of fused-ring (bicyclic) bond motifs is 1. The van der Waals surface area contributed by atoms with Crippen LogP contribution in [0.15, 0.2) is 12.1 Å². The zero-order valence-corrected chi connectivity index (χ0v) is 12.1. The van der Waals surface area contributed by atoms with Crippen LogP contribution in [0.3, 0.4) is 0 Å². The van der Waals surface area contributed by atoms with E-state index in [9.17, 15) is 13.2 Å². The molecule has 1 heterocycles. The van der Waals surface area contributed by atoms with Gasteiger partial charge in [-0.25, -0.2) is 4.98 Å². The van der Waals surface area contributed by atoms with Gasteiger partial charge in [0.05, 0.1) is 31.3 Å². The molecule has 22 heavy (non-hydrogen) atoms. The average Bonchev–Trinajstić information content (AvgIpc) is 2.84. The number of nitriles is 1. The Morgan fingerprint density at radius 3 is 2.41 bits per heavy atom. The van der Waals surface area contributed by atoms with Crippen molar-refractivity contribution in [1.82, 2.24) is 9.55 Å². The number of benzene rings is 1. The highest BCUT2D eigenvalue weighted by Gasteiger charge is 2.37. The first kappa shape index (κ1) is 15.9. The smallest absolute Gasteiger partial charge is 0.449 e. The largest absolute Gasteiger partial charge is 0.493 e. The molecule has 0 saturated heterocycles. The van der Waals surface area contributed by atoms with Crippen molar-refractivity contribution in [3.05, 3.63) is 18.0 Å².